The molecular formula is C9H8N6O2S. The van der Waals surface area contributed by atoms with E-state index in [1.807, 2.05) is 0 Å². The highest BCUT2D eigenvalue weighted by molar-refractivity contribution is 7.99. The highest BCUT2D eigenvalue weighted by atomic mass is 32.2. The summed E-state index contributed by atoms with van der Waals surface area (Å²) in [5.41, 5.74) is -0.0735. The van der Waals surface area contributed by atoms with Crippen molar-refractivity contribution in [3.05, 3.63) is 41.1 Å². The van der Waals surface area contributed by atoms with E-state index in [2.05, 4.69) is 27.1 Å². The van der Waals surface area contributed by atoms with Crippen LogP contribution < -0.4 is 0 Å². The first-order valence-corrected chi connectivity index (χ1v) is 5.68. The van der Waals surface area contributed by atoms with Gasteiger partial charge in [0.2, 0.25) is 5.16 Å². The topological polar surface area (TPSA) is 99.6 Å². The normalized spacial score (nSPS) is 10.2. The Morgan fingerprint density at radius 2 is 2.44 bits per heavy atom. The summed E-state index contributed by atoms with van der Waals surface area (Å²) in [4.78, 5) is 14.3. The lowest BCUT2D eigenvalue weighted by atomic mass is 10.4. The van der Waals surface area contributed by atoms with E-state index in [9.17, 15) is 10.1 Å². The number of aromatic nitrogens is 5. The molecule has 0 radical (unpaired) electrons. The van der Waals surface area contributed by atoms with E-state index in [4.69, 9.17) is 0 Å². The highest BCUT2D eigenvalue weighted by Crippen LogP contribution is 2.30. The molecule has 0 aliphatic rings. The predicted molar refractivity (Wildman–Crippen MR) is 63.0 cm³/mol. The minimum Gasteiger partial charge on any atom is -0.258 e. The first kappa shape index (κ1) is 12.2. The molecule has 0 fully saturated rings. The minimum atomic E-state index is -0.489. The first-order valence-electron chi connectivity index (χ1n) is 4.86. The molecular weight excluding hydrogens is 256 g/mol. The summed E-state index contributed by atoms with van der Waals surface area (Å²) >= 11 is 1.04. The maximum Gasteiger partial charge on any atom is 0.301 e. The van der Waals surface area contributed by atoms with Gasteiger partial charge in [0, 0.05) is 12.3 Å². The number of hydrogen-bond acceptors (Lipinski definition) is 7. The number of nitrogens with zero attached hydrogens (tertiary/aromatic N) is 6. The molecule has 0 saturated carbocycles. The van der Waals surface area contributed by atoms with Crippen LogP contribution in [0.4, 0.5) is 5.69 Å². The number of allylic oxidation sites excluding steroid dienone is 1. The lowest BCUT2D eigenvalue weighted by molar-refractivity contribution is -0.388. The Bertz CT molecular complexity index is 584. The van der Waals surface area contributed by atoms with Crippen molar-refractivity contribution in [3.8, 4) is 0 Å². The van der Waals surface area contributed by atoms with Crippen molar-refractivity contribution in [2.24, 2.45) is 0 Å². The largest absolute Gasteiger partial charge is 0.301 e. The molecule has 9 heteroatoms. The molecule has 0 N–H and O–H groups in total. The van der Waals surface area contributed by atoms with Crippen LogP contribution in [-0.2, 0) is 6.54 Å². The summed E-state index contributed by atoms with van der Waals surface area (Å²) in [6.45, 7) is 4.01. The second kappa shape index (κ2) is 5.36. The van der Waals surface area contributed by atoms with Gasteiger partial charge in [0.1, 0.15) is 0 Å². The van der Waals surface area contributed by atoms with Crippen LogP contribution in [0, 0.1) is 10.1 Å². The molecule has 2 aromatic rings. The number of hydrogen-bond donors (Lipinski definition) is 0. The summed E-state index contributed by atoms with van der Waals surface area (Å²) in [7, 11) is 0. The van der Waals surface area contributed by atoms with Gasteiger partial charge in [-0.15, -0.1) is 11.7 Å². The molecule has 0 saturated heterocycles. The van der Waals surface area contributed by atoms with E-state index in [0.717, 1.165) is 11.8 Å². The van der Waals surface area contributed by atoms with E-state index in [-0.39, 0.29) is 10.7 Å². The third kappa shape index (κ3) is 2.51. The van der Waals surface area contributed by atoms with Crippen molar-refractivity contribution >= 4 is 17.4 Å². The average Bonchev–Trinajstić information content (AvgIpc) is 2.78. The Balaban J connectivity index is 2.31. The zero-order valence-corrected chi connectivity index (χ0v) is 9.95. The van der Waals surface area contributed by atoms with Gasteiger partial charge >= 0.3 is 5.69 Å². The van der Waals surface area contributed by atoms with E-state index in [1.54, 1.807) is 6.08 Å². The van der Waals surface area contributed by atoms with E-state index < -0.39 is 4.92 Å². The summed E-state index contributed by atoms with van der Waals surface area (Å²) in [6, 6.07) is 2.89. The molecule has 0 spiro atoms. The van der Waals surface area contributed by atoms with E-state index in [0.29, 0.717) is 11.7 Å². The van der Waals surface area contributed by atoms with Crippen molar-refractivity contribution in [2.45, 2.75) is 16.7 Å². The number of pyridine rings is 1. The van der Waals surface area contributed by atoms with Crippen LogP contribution in [-0.4, -0.2) is 30.1 Å². The summed E-state index contributed by atoms with van der Waals surface area (Å²) in [5.74, 6) is 0. The van der Waals surface area contributed by atoms with Crippen LogP contribution in [0.2, 0.25) is 0 Å². The molecule has 0 bridgehead atoms. The van der Waals surface area contributed by atoms with Crippen molar-refractivity contribution in [2.75, 3.05) is 0 Å². The van der Waals surface area contributed by atoms with Gasteiger partial charge in [-0.3, -0.25) is 10.1 Å². The van der Waals surface area contributed by atoms with Gasteiger partial charge in [-0.2, -0.15) is 0 Å². The summed E-state index contributed by atoms with van der Waals surface area (Å²) < 4.78 is 1.48. The molecule has 0 aliphatic heterocycles. The van der Waals surface area contributed by atoms with Gasteiger partial charge in [0.25, 0.3) is 0 Å². The third-order valence-electron chi connectivity index (χ3n) is 1.94. The molecule has 2 heterocycles. The van der Waals surface area contributed by atoms with Gasteiger partial charge in [0.15, 0.2) is 5.03 Å². The Labute approximate surface area is 106 Å². The molecule has 2 aromatic heterocycles. The van der Waals surface area contributed by atoms with Crippen molar-refractivity contribution < 1.29 is 4.92 Å². The quantitative estimate of drug-likeness (QED) is 0.456. The van der Waals surface area contributed by atoms with Gasteiger partial charge in [-0.25, -0.2) is 9.67 Å². The molecule has 0 aromatic carbocycles. The lowest BCUT2D eigenvalue weighted by Gasteiger charge is -2.01. The summed E-state index contributed by atoms with van der Waals surface area (Å²) in [6.07, 6.45) is 3.12. The minimum absolute atomic E-state index is 0.0735. The van der Waals surface area contributed by atoms with Gasteiger partial charge in [0.05, 0.1) is 11.5 Å². The van der Waals surface area contributed by atoms with Crippen LogP contribution in [0.25, 0.3) is 0 Å². The van der Waals surface area contributed by atoms with E-state index in [1.165, 1.54) is 23.0 Å². The Hall–Kier alpha value is -2.29. The van der Waals surface area contributed by atoms with Crippen LogP contribution in [0.3, 0.4) is 0 Å². The van der Waals surface area contributed by atoms with Crippen LogP contribution in [0.1, 0.15) is 0 Å². The van der Waals surface area contributed by atoms with E-state index >= 15 is 0 Å². The molecule has 0 atom stereocenters. The first-order chi connectivity index (χ1) is 8.72. The Morgan fingerprint density at radius 3 is 3.17 bits per heavy atom. The molecule has 0 amide bonds. The SMILES string of the molecule is C=CCn1nnnc1Sc1ncccc1[N+](=O)[O-]. The highest BCUT2D eigenvalue weighted by Gasteiger charge is 2.18. The maximum atomic E-state index is 10.8. The zero-order valence-electron chi connectivity index (χ0n) is 9.13. The third-order valence-corrected chi connectivity index (χ3v) is 2.92. The predicted octanol–water partition coefficient (Wildman–Crippen LogP) is 1.31. The van der Waals surface area contributed by atoms with Crippen LogP contribution in [0.5, 0.6) is 0 Å². The summed E-state index contributed by atoms with van der Waals surface area (Å²) in [5, 5.41) is 22.6. The fourth-order valence-electron chi connectivity index (χ4n) is 1.19. The monoisotopic (exact) mass is 264 g/mol. The average molecular weight is 264 g/mol. The maximum absolute atomic E-state index is 10.8. The van der Waals surface area contributed by atoms with Crippen LogP contribution in [0.15, 0.2) is 41.2 Å². The fourth-order valence-corrected chi connectivity index (χ4v) is 2.02. The van der Waals surface area contributed by atoms with Gasteiger partial charge in [-0.1, -0.05) is 6.08 Å². The zero-order chi connectivity index (χ0) is 13.0. The molecule has 0 aliphatic carbocycles. The molecule has 92 valence electrons. The number of tetrazole rings is 1. The molecule has 8 nitrogen and oxygen atoms in total. The van der Waals surface area contributed by atoms with Crippen molar-refractivity contribution in [1.82, 2.24) is 25.2 Å². The van der Waals surface area contributed by atoms with Gasteiger partial charge in [-0.05, 0) is 28.3 Å². The standard InChI is InChI=1S/C9H8N6O2S/c1-2-6-14-9(11-12-13-14)18-8-7(15(16)17)4-3-5-10-8/h2-5H,1,6H2. The van der Waals surface area contributed by atoms with Crippen molar-refractivity contribution in [3.63, 3.8) is 0 Å². The van der Waals surface area contributed by atoms with Gasteiger partial charge < -0.3 is 0 Å². The fraction of sp³-hybridized carbons (Fsp3) is 0.111. The van der Waals surface area contributed by atoms with Crippen LogP contribution >= 0.6 is 11.8 Å². The Kier molecular flexibility index (Phi) is 3.63. The molecule has 18 heavy (non-hydrogen) atoms. The Morgan fingerprint density at radius 1 is 1.61 bits per heavy atom. The molecule has 0 unspecified atom stereocenters. The second-order valence-corrected chi connectivity index (χ2v) is 4.08. The number of nitro groups is 1. The second-order valence-electron chi connectivity index (χ2n) is 3.12. The smallest absolute Gasteiger partial charge is 0.258 e. The van der Waals surface area contributed by atoms with Crippen molar-refractivity contribution in [1.29, 1.82) is 0 Å². The lowest BCUT2D eigenvalue weighted by Crippen LogP contribution is -2.00. The molecule has 2 rings (SSSR count). The number of rotatable bonds is 5.